The highest BCUT2D eigenvalue weighted by Gasteiger charge is 2.18. The minimum Gasteiger partial charge on any atom is -0.381 e. The zero-order valence-electron chi connectivity index (χ0n) is 12.7. The van der Waals surface area contributed by atoms with Gasteiger partial charge in [0, 0.05) is 32.2 Å². The van der Waals surface area contributed by atoms with Crippen LogP contribution >= 0.6 is 11.6 Å². The number of rotatable bonds is 4. The molecule has 1 saturated heterocycles. The van der Waals surface area contributed by atoms with Gasteiger partial charge in [-0.05, 0) is 43.7 Å². The Morgan fingerprint density at radius 3 is 3.09 bits per heavy atom. The molecular weight excluding hydrogens is 303 g/mol. The molecular formula is C17H20ClFN2O. The summed E-state index contributed by atoms with van der Waals surface area (Å²) in [4.78, 5) is 4.32. The first kappa shape index (κ1) is 15.5. The van der Waals surface area contributed by atoms with Crippen molar-refractivity contribution in [3.8, 4) is 11.4 Å². The van der Waals surface area contributed by atoms with E-state index in [1.807, 2.05) is 10.8 Å². The number of aromatic nitrogens is 2. The van der Waals surface area contributed by atoms with Crippen molar-refractivity contribution < 1.29 is 9.13 Å². The van der Waals surface area contributed by atoms with Gasteiger partial charge in [-0.1, -0.05) is 17.7 Å². The van der Waals surface area contributed by atoms with Crippen molar-refractivity contribution in [3.05, 3.63) is 40.9 Å². The van der Waals surface area contributed by atoms with Crippen LogP contribution < -0.4 is 0 Å². The molecule has 0 radical (unpaired) electrons. The Morgan fingerprint density at radius 1 is 1.45 bits per heavy atom. The molecule has 1 aliphatic rings. The molecule has 0 N–H and O–H groups in total. The van der Waals surface area contributed by atoms with Crippen LogP contribution in [0.25, 0.3) is 11.4 Å². The molecule has 0 saturated carbocycles. The number of aryl methyl sites for hydroxylation is 2. The van der Waals surface area contributed by atoms with Gasteiger partial charge in [0.05, 0.1) is 10.6 Å². The van der Waals surface area contributed by atoms with Gasteiger partial charge in [-0.25, -0.2) is 9.37 Å². The highest BCUT2D eigenvalue weighted by Crippen LogP contribution is 2.31. The summed E-state index contributed by atoms with van der Waals surface area (Å²) in [7, 11) is 0. The van der Waals surface area contributed by atoms with E-state index in [-0.39, 0.29) is 5.82 Å². The first-order valence-electron chi connectivity index (χ1n) is 7.70. The molecule has 3 rings (SSSR count). The van der Waals surface area contributed by atoms with E-state index in [0.29, 0.717) is 27.9 Å². The van der Waals surface area contributed by atoms with Crippen molar-refractivity contribution in [2.24, 2.45) is 5.92 Å². The minimum atomic E-state index is -0.291. The zero-order valence-corrected chi connectivity index (χ0v) is 13.4. The standard InChI is InChI=1S/C17H20ClFN2O/c1-12-4-5-14(18)15(16(12)19)17-20-7-9-21(17)8-6-13-3-2-10-22-11-13/h4-5,7,9,13H,2-3,6,8,10-11H2,1H3. The molecule has 1 fully saturated rings. The number of nitrogens with zero attached hydrogens (tertiary/aromatic N) is 2. The van der Waals surface area contributed by atoms with Gasteiger partial charge in [0.1, 0.15) is 11.6 Å². The van der Waals surface area contributed by atoms with Gasteiger partial charge in [-0.15, -0.1) is 0 Å². The van der Waals surface area contributed by atoms with E-state index >= 15 is 0 Å². The van der Waals surface area contributed by atoms with Crippen LogP contribution in [-0.2, 0) is 11.3 Å². The third kappa shape index (κ3) is 3.18. The van der Waals surface area contributed by atoms with Crippen molar-refractivity contribution in [1.29, 1.82) is 0 Å². The highest BCUT2D eigenvalue weighted by atomic mass is 35.5. The van der Waals surface area contributed by atoms with E-state index in [9.17, 15) is 4.39 Å². The predicted molar refractivity (Wildman–Crippen MR) is 85.5 cm³/mol. The average molecular weight is 323 g/mol. The summed E-state index contributed by atoms with van der Waals surface area (Å²) in [6.07, 6.45) is 6.92. The Balaban J connectivity index is 1.81. The van der Waals surface area contributed by atoms with Gasteiger partial charge < -0.3 is 9.30 Å². The number of imidazole rings is 1. The van der Waals surface area contributed by atoms with Crippen LogP contribution in [-0.4, -0.2) is 22.8 Å². The van der Waals surface area contributed by atoms with Gasteiger partial charge in [-0.2, -0.15) is 0 Å². The molecule has 1 unspecified atom stereocenters. The van der Waals surface area contributed by atoms with E-state index in [2.05, 4.69) is 4.98 Å². The van der Waals surface area contributed by atoms with Crippen LogP contribution in [0.3, 0.4) is 0 Å². The maximum Gasteiger partial charge on any atom is 0.144 e. The summed E-state index contributed by atoms with van der Waals surface area (Å²) in [5.74, 6) is 0.880. The Bertz CT molecular complexity index is 650. The van der Waals surface area contributed by atoms with Crippen molar-refractivity contribution in [1.82, 2.24) is 9.55 Å². The van der Waals surface area contributed by atoms with Crippen molar-refractivity contribution in [2.75, 3.05) is 13.2 Å². The van der Waals surface area contributed by atoms with E-state index in [0.717, 1.165) is 32.6 Å². The Kier molecular flexibility index (Phi) is 4.79. The molecule has 1 aromatic carbocycles. The Hall–Kier alpha value is -1.39. The van der Waals surface area contributed by atoms with Crippen LogP contribution in [0.2, 0.25) is 5.02 Å². The van der Waals surface area contributed by atoms with Gasteiger partial charge in [0.2, 0.25) is 0 Å². The second-order valence-corrected chi connectivity index (χ2v) is 6.28. The first-order valence-corrected chi connectivity index (χ1v) is 8.08. The molecule has 2 heterocycles. The second-order valence-electron chi connectivity index (χ2n) is 5.87. The van der Waals surface area contributed by atoms with Crippen LogP contribution in [0.15, 0.2) is 24.5 Å². The lowest BCUT2D eigenvalue weighted by atomic mass is 9.98. The molecule has 0 aliphatic carbocycles. The van der Waals surface area contributed by atoms with Gasteiger partial charge in [0.15, 0.2) is 0 Å². The Morgan fingerprint density at radius 2 is 2.32 bits per heavy atom. The van der Waals surface area contributed by atoms with Crippen LogP contribution in [0.1, 0.15) is 24.8 Å². The molecule has 22 heavy (non-hydrogen) atoms. The lowest BCUT2D eigenvalue weighted by molar-refractivity contribution is 0.0501. The van der Waals surface area contributed by atoms with Gasteiger partial charge in [0.25, 0.3) is 0 Å². The van der Waals surface area contributed by atoms with Crippen LogP contribution in [0, 0.1) is 18.7 Å². The summed E-state index contributed by atoms with van der Waals surface area (Å²) in [5, 5.41) is 0.400. The van der Waals surface area contributed by atoms with Crippen LogP contribution in [0.4, 0.5) is 4.39 Å². The van der Waals surface area contributed by atoms with Gasteiger partial charge in [-0.3, -0.25) is 0 Å². The first-order chi connectivity index (χ1) is 10.7. The molecule has 5 heteroatoms. The molecule has 0 spiro atoms. The zero-order chi connectivity index (χ0) is 15.5. The second kappa shape index (κ2) is 6.80. The quantitative estimate of drug-likeness (QED) is 0.830. The maximum atomic E-state index is 14.4. The topological polar surface area (TPSA) is 27.1 Å². The molecule has 3 nitrogen and oxygen atoms in total. The molecule has 2 aromatic rings. The summed E-state index contributed by atoms with van der Waals surface area (Å²) in [6.45, 7) is 4.23. The normalized spacial score (nSPS) is 18.6. The van der Waals surface area contributed by atoms with Crippen molar-refractivity contribution >= 4 is 11.6 Å². The summed E-state index contributed by atoms with van der Waals surface area (Å²) < 4.78 is 21.9. The lowest BCUT2D eigenvalue weighted by Gasteiger charge is -2.22. The highest BCUT2D eigenvalue weighted by molar-refractivity contribution is 6.33. The average Bonchev–Trinajstić information content (AvgIpc) is 2.99. The fourth-order valence-electron chi connectivity index (χ4n) is 2.94. The Labute approximate surface area is 135 Å². The molecule has 0 bridgehead atoms. The van der Waals surface area contributed by atoms with Crippen molar-refractivity contribution in [2.45, 2.75) is 32.7 Å². The predicted octanol–water partition coefficient (Wildman–Crippen LogP) is 4.47. The molecule has 1 atom stereocenters. The monoisotopic (exact) mass is 322 g/mol. The van der Waals surface area contributed by atoms with Gasteiger partial charge >= 0.3 is 0 Å². The summed E-state index contributed by atoms with van der Waals surface area (Å²) in [6, 6.07) is 3.41. The van der Waals surface area contributed by atoms with Crippen LogP contribution in [0.5, 0.6) is 0 Å². The molecule has 118 valence electrons. The third-order valence-electron chi connectivity index (χ3n) is 4.26. The minimum absolute atomic E-state index is 0.291. The number of hydrogen-bond donors (Lipinski definition) is 0. The van der Waals surface area contributed by atoms with Crippen molar-refractivity contribution in [3.63, 3.8) is 0 Å². The maximum absolute atomic E-state index is 14.4. The lowest BCUT2D eigenvalue weighted by Crippen LogP contribution is -2.19. The molecule has 1 aromatic heterocycles. The van der Waals surface area contributed by atoms with E-state index in [1.165, 1.54) is 6.42 Å². The van der Waals surface area contributed by atoms with E-state index in [4.69, 9.17) is 16.3 Å². The number of hydrogen-bond acceptors (Lipinski definition) is 2. The smallest absolute Gasteiger partial charge is 0.144 e. The molecule has 0 amide bonds. The number of benzene rings is 1. The summed E-state index contributed by atoms with van der Waals surface area (Å²) in [5.41, 5.74) is 0.973. The fourth-order valence-corrected chi connectivity index (χ4v) is 3.17. The molecule has 1 aliphatic heterocycles. The largest absolute Gasteiger partial charge is 0.381 e. The SMILES string of the molecule is Cc1ccc(Cl)c(-c2nccn2CCC2CCCOC2)c1F. The number of ether oxygens (including phenoxy) is 1. The number of halogens is 2. The van der Waals surface area contributed by atoms with E-state index in [1.54, 1.807) is 25.3 Å². The van der Waals surface area contributed by atoms with E-state index < -0.39 is 0 Å². The third-order valence-corrected chi connectivity index (χ3v) is 4.57. The summed E-state index contributed by atoms with van der Waals surface area (Å²) >= 11 is 6.20. The fraction of sp³-hybridized carbons (Fsp3) is 0.471.